The number of anilines is 1. The van der Waals surface area contributed by atoms with E-state index in [0.717, 1.165) is 32.4 Å². The zero-order valence-corrected chi connectivity index (χ0v) is 11.4. The minimum Gasteiger partial charge on any atom is -0.481 e. The maximum Gasteiger partial charge on any atom is 0.303 e. The maximum absolute atomic E-state index is 10.4. The van der Waals surface area contributed by atoms with Gasteiger partial charge in [0.25, 0.3) is 0 Å². The highest BCUT2D eigenvalue weighted by atomic mass is 16.4. The predicted octanol–water partition coefficient (Wildman–Crippen LogP) is 3.47. The fourth-order valence-corrected chi connectivity index (χ4v) is 1.98. The highest BCUT2D eigenvalue weighted by molar-refractivity contribution is 5.66. The van der Waals surface area contributed by atoms with Crippen molar-refractivity contribution in [1.29, 1.82) is 0 Å². The van der Waals surface area contributed by atoms with E-state index in [1.807, 2.05) is 0 Å². The standard InChI is InChI=1S/C15H23NO2/c1-3-16(12-6-4-5-7-15(17)18)14-10-8-13(2)9-11-14/h8-11H,3-7,12H2,1-2H3,(H,17,18). The molecule has 0 radical (unpaired) electrons. The predicted molar refractivity (Wildman–Crippen MR) is 75.2 cm³/mol. The SMILES string of the molecule is CCN(CCCCCC(=O)O)c1ccc(C)cc1. The fraction of sp³-hybridized carbons (Fsp3) is 0.533. The minimum absolute atomic E-state index is 0.288. The summed E-state index contributed by atoms with van der Waals surface area (Å²) in [5.74, 6) is -0.694. The average Bonchev–Trinajstić information content (AvgIpc) is 2.35. The Kier molecular flexibility index (Phi) is 6.26. The molecule has 18 heavy (non-hydrogen) atoms. The van der Waals surface area contributed by atoms with Gasteiger partial charge in [0.15, 0.2) is 0 Å². The first-order valence-corrected chi connectivity index (χ1v) is 6.67. The Bertz CT molecular complexity index is 359. The summed E-state index contributed by atoms with van der Waals surface area (Å²) in [5, 5.41) is 8.56. The third kappa shape index (κ3) is 5.21. The van der Waals surface area contributed by atoms with Crippen molar-refractivity contribution in [3.05, 3.63) is 29.8 Å². The molecule has 0 heterocycles. The van der Waals surface area contributed by atoms with Crippen LogP contribution in [0.15, 0.2) is 24.3 Å². The van der Waals surface area contributed by atoms with Crippen molar-refractivity contribution in [3.8, 4) is 0 Å². The number of carboxylic acids is 1. The Morgan fingerprint density at radius 1 is 1.17 bits per heavy atom. The lowest BCUT2D eigenvalue weighted by Crippen LogP contribution is -2.23. The van der Waals surface area contributed by atoms with Crippen molar-refractivity contribution in [2.75, 3.05) is 18.0 Å². The molecule has 0 unspecified atom stereocenters. The molecule has 1 aromatic carbocycles. The largest absolute Gasteiger partial charge is 0.481 e. The van der Waals surface area contributed by atoms with Crippen LogP contribution in [0.5, 0.6) is 0 Å². The topological polar surface area (TPSA) is 40.5 Å². The summed E-state index contributed by atoms with van der Waals surface area (Å²) in [4.78, 5) is 12.7. The molecule has 0 aliphatic rings. The number of benzene rings is 1. The highest BCUT2D eigenvalue weighted by Crippen LogP contribution is 2.15. The normalized spacial score (nSPS) is 10.3. The zero-order chi connectivity index (χ0) is 13.4. The summed E-state index contributed by atoms with van der Waals surface area (Å²) in [7, 11) is 0. The third-order valence-corrected chi connectivity index (χ3v) is 3.10. The first kappa shape index (κ1) is 14.6. The molecule has 0 spiro atoms. The Morgan fingerprint density at radius 2 is 1.83 bits per heavy atom. The van der Waals surface area contributed by atoms with Gasteiger partial charge in [0.1, 0.15) is 0 Å². The van der Waals surface area contributed by atoms with Gasteiger partial charge in [-0.2, -0.15) is 0 Å². The van der Waals surface area contributed by atoms with Gasteiger partial charge in [-0.3, -0.25) is 4.79 Å². The van der Waals surface area contributed by atoms with Crippen LogP contribution in [-0.2, 0) is 4.79 Å². The number of aryl methyl sites for hydroxylation is 1. The fourth-order valence-electron chi connectivity index (χ4n) is 1.98. The molecule has 0 saturated carbocycles. The number of hydrogen-bond acceptors (Lipinski definition) is 2. The van der Waals surface area contributed by atoms with E-state index in [1.54, 1.807) is 0 Å². The van der Waals surface area contributed by atoms with E-state index >= 15 is 0 Å². The molecule has 0 aliphatic heterocycles. The molecule has 1 aromatic rings. The van der Waals surface area contributed by atoms with Crippen molar-refractivity contribution in [2.24, 2.45) is 0 Å². The lowest BCUT2D eigenvalue weighted by molar-refractivity contribution is -0.137. The number of carbonyl (C=O) groups is 1. The van der Waals surface area contributed by atoms with Gasteiger partial charge in [0.2, 0.25) is 0 Å². The van der Waals surface area contributed by atoms with Crippen LogP contribution in [0.2, 0.25) is 0 Å². The van der Waals surface area contributed by atoms with Gasteiger partial charge in [-0.1, -0.05) is 24.1 Å². The summed E-state index contributed by atoms with van der Waals surface area (Å²) in [6, 6.07) is 8.55. The van der Waals surface area contributed by atoms with Gasteiger partial charge >= 0.3 is 5.97 Å². The van der Waals surface area contributed by atoms with Crippen LogP contribution in [0, 0.1) is 6.92 Å². The molecule has 3 nitrogen and oxygen atoms in total. The quantitative estimate of drug-likeness (QED) is 0.717. The highest BCUT2D eigenvalue weighted by Gasteiger charge is 2.04. The molecular formula is C15H23NO2. The molecule has 0 bridgehead atoms. The van der Waals surface area contributed by atoms with Crippen molar-refractivity contribution in [2.45, 2.75) is 39.5 Å². The van der Waals surface area contributed by atoms with E-state index in [0.29, 0.717) is 0 Å². The second-order valence-corrected chi connectivity index (χ2v) is 4.62. The van der Waals surface area contributed by atoms with Gasteiger partial charge < -0.3 is 10.0 Å². The smallest absolute Gasteiger partial charge is 0.303 e. The van der Waals surface area contributed by atoms with Crippen LogP contribution in [-0.4, -0.2) is 24.2 Å². The number of carboxylic acid groups (broad SMARTS) is 1. The first-order chi connectivity index (χ1) is 8.63. The van der Waals surface area contributed by atoms with Crippen LogP contribution in [0.3, 0.4) is 0 Å². The first-order valence-electron chi connectivity index (χ1n) is 6.67. The lowest BCUT2D eigenvalue weighted by atomic mass is 10.1. The molecule has 0 saturated heterocycles. The second kappa shape index (κ2) is 7.75. The van der Waals surface area contributed by atoms with Gasteiger partial charge in [-0.25, -0.2) is 0 Å². The number of unbranched alkanes of at least 4 members (excludes halogenated alkanes) is 2. The zero-order valence-electron chi connectivity index (χ0n) is 11.4. The molecule has 3 heteroatoms. The van der Waals surface area contributed by atoms with E-state index in [1.165, 1.54) is 11.3 Å². The van der Waals surface area contributed by atoms with E-state index < -0.39 is 5.97 Å². The second-order valence-electron chi connectivity index (χ2n) is 4.62. The minimum atomic E-state index is -0.694. The van der Waals surface area contributed by atoms with Gasteiger partial charge in [-0.05, 0) is 38.8 Å². The van der Waals surface area contributed by atoms with Gasteiger partial charge in [0.05, 0.1) is 0 Å². The summed E-state index contributed by atoms with van der Waals surface area (Å²) >= 11 is 0. The van der Waals surface area contributed by atoms with E-state index in [9.17, 15) is 4.79 Å². The van der Waals surface area contributed by atoms with Gasteiger partial charge in [-0.15, -0.1) is 0 Å². The van der Waals surface area contributed by atoms with E-state index in [-0.39, 0.29) is 6.42 Å². The molecule has 0 fully saturated rings. The Balaban J connectivity index is 2.33. The molecule has 0 atom stereocenters. The number of rotatable bonds is 8. The van der Waals surface area contributed by atoms with Gasteiger partial charge in [0, 0.05) is 25.2 Å². The van der Waals surface area contributed by atoms with E-state index in [4.69, 9.17) is 5.11 Å². The summed E-state index contributed by atoms with van der Waals surface area (Å²) in [6.45, 7) is 6.23. The van der Waals surface area contributed by atoms with Crippen molar-refractivity contribution >= 4 is 11.7 Å². The summed E-state index contributed by atoms with van der Waals surface area (Å²) < 4.78 is 0. The maximum atomic E-state index is 10.4. The Morgan fingerprint density at radius 3 is 2.39 bits per heavy atom. The number of aliphatic carboxylic acids is 1. The van der Waals surface area contributed by atoms with Crippen molar-refractivity contribution < 1.29 is 9.90 Å². The Labute approximate surface area is 109 Å². The average molecular weight is 249 g/mol. The molecule has 1 rings (SSSR count). The number of hydrogen-bond donors (Lipinski definition) is 1. The van der Waals surface area contributed by atoms with Crippen LogP contribution in [0.1, 0.15) is 38.2 Å². The number of nitrogens with zero attached hydrogens (tertiary/aromatic N) is 1. The third-order valence-electron chi connectivity index (χ3n) is 3.10. The Hall–Kier alpha value is -1.51. The molecule has 0 aliphatic carbocycles. The lowest BCUT2D eigenvalue weighted by Gasteiger charge is -2.23. The monoisotopic (exact) mass is 249 g/mol. The van der Waals surface area contributed by atoms with Crippen LogP contribution >= 0.6 is 0 Å². The van der Waals surface area contributed by atoms with E-state index in [2.05, 4.69) is 43.0 Å². The molecule has 0 amide bonds. The van der Waals surface area contributed by atoms with Crippen LogP contribution < -0.4 is 4.90 Å². The summed E-state index contributed by atoms with van der Waals surface area (Å²) in [5.41, 5.74) is 2.53. The molecule has 1 N–H and O–H groups in total. The molecule has 0 aromatic heterocycles. The van der Waals surface area contributed by atoms with Crippen molar-refractivity contribution in [3.63, 3.8) is 0 Å². The summed E-state index contributed by atoms with van der Waals surface area (Å²) in [6.07, 6.45) is 3.10. The van der Waals surface area contributed by atoms with Crippen LogP contribution in [0.4, 0.5) is 5.69 Å². The molecule has 100 valence electrons. The van der Waals surface area contributed by atoms with Crippen molar-refractivity contribution in [1.82, 2.24) is 0 Å². The molecular weight excluding hydrogens is 226 g/mol. The van der Waals surface area contributed by atoms with Crippen LogP contribution in [0.25, 0.3) is 0 Å².